The molecule has 0 aliphatic carbocycles. The normalized spacial score (nSPS) is 13.4. The topological polar surface area (TPSA) is 38.3 Å². The van der Waals surface area contributed by atoms with Crippen molar-refractivity contribution in [1.29, 1.82) is 0 Å². The van der Waals surface area contributed by atoms with Crippen molar-refractivity contribution in [2.75, 3.05) is 6.61 Å². The molecule has 0 aliphatic rings. The molecule has 1 N–H and O–H groups in total. The largest absolute Gasteiger partial charge is 0.466 e. The summed E-state index contributed by atoms with van der Waals surface area (Å²) >= 11 is 0. The first-order chi connectivity index (χ1) is 10.7. The van der Waals surface area contributed by atoms with Crippen LogP contribution in [0.3, 0.4) is 0 Å². The van der Waals surface area contributed by atoms with Crippen LogP contribution in [0.4, 0.5) is 0 Å². The molecule has 116 valence electrons. The smallest absolute Gasteiger partial charge is 0.310 e. The van der Waals surface area contributed by atoms with E-state index in [-0.39, 0.29) is 17.9 Å². The Morgan fingerprint density at radius 1 is 1.05 bits per heavy atom. The predicted molar refractivity (Wildman–Crippen MR) is 88.3 cm³/mol. The second-order valence-electron chi connectivity index (χ2n) is 5.30. The third kappa shape index (κ3) is 4.43. The first-order valence-electron chi connectivity index (χ1n) is 7.71. The van der Waals surface area contributed by atoms with Crippen LogP contribution in [0.2, 0.25) is 0 Å². The molecule has 2 aromatic carbocycles. The van der Waals surface area contributed by atoms with Crippen LogP contribution in [0.5, 0.6) is 0 Å². The fourth-order valence-corrected chi connectivity index (χ4v) is 2.48. The number of rotatable bonds is 7. The fraction of sp³-hybridized carbons (Fsp3) is 0.316. The van der Waals surface area contributed by atoms with Crippen molar-refractivity contribution in [2.45, 2.75) is 26.4 Å². The molecule has 0 fully saturated rings. The maximum atomic E-state index is 12.1. The lowest BCUT2D eigenvalue weighted by atomic mass is 9.94. The minimum Gasteiger partial charge on any atom is -0.466 e. The van der Waals surface area contributed by atoms with E-state index in [1.807, 2.05) is 62.4 Å². The van der Waals surface area contributed by atoms with Gasteiger partial charge in [0.1, 0.15) is 0 Å². The summed E-state index contributed by atoms with van der Waals surface area (Å²) in [4.78, 5) is 12.1. The maximum Gasteiger partial charge on any atom is 0.310 e. The van der Waals surface area contributed by atoms with Gasteiger partial charge in [-0.25, -0.2) is 0 Å². The second-order valence-corrected chi connectivity index (χ2v) is 5.30. The summed E-state index contributed by atoms with van der Waals surface area (Å²) in [6, 6.07) is 20.2. The molecule has 0 unspecified atom stereocenters. The van der Waals surface area contributed by atoms with Gasteiger partial charge in [-0.05, 0) is 18.1 Å². The molecule has 0 radical (unpaired) electrons. The van der Waals surface area contributed by atoms with Crippen LogP contribution in [0, 0.1) is 5.92 Å². The van der Waals surface area contributed by atoms with Gasteiger partial charge < -0.3 is 10.1 Å². The van der Waals surface area contributed by atoms with Gasteiger partial charge in [0.15, 0.2) is 0 Å². The summed E-state index contributed by atoms with van der Waals surface area (Å²) < 4.78 is 5.18. The van der Waals surface area contributed by atoms with Gasteiger partial charge in [0, 0.05) is 12.6 Å². The van der Waals surface area contributed by atoms with Crippen molar-refractivity contribution in [1.82, 2.24) is 5.32 Å². The molecule has 22 heavy (non-hydrogen) atoms. The summed E-state index contributed by atoms with van der Waals surface area (Å²) in [5.41, 5.74) is 2.29. The van der Waals surface area contributed by atoms with Crippen molar-refractivity contribution in [3.63, 3.8) is 0 Å². The number of carbonyl (C=O) groups is 1. The van der Waals surface area contributed by atoms with Gasteiger partial charge in [0.25, 0.3) is 0 Å². The van der Waals surface area contributed by atoms with Crippen molar-refractivity contribution < 1.29 is 9.53 Å². The molecule has 0 spiro atoms. The number of ether oxygens (including phenoxy) is 1. The second kappa shape index (κ2) is 8.35. The molecule has 3 heteroatoms. The van der Waals surface area contributed by atoms with Crippen LogP contribution in [0.25, 0.3) is 0 Å². The van der Waals surface area contributed by atoms with Crippen LogP contribution in [-0.4, -0.2) is 12.6 Å². The zero-order valence-corrected chi connectivity index (χ0v) is 13.2. The maximum absolute atomic E-state index is 12.1. The standard InChI is InChI=1S/C19H23NO2/c1-3-22-19(21)15(2)18(17-12-8-5-9-13-17)20-14-16-10-6-4-7-11-16/h4-13,15,18,20H,3,14H2,1-2H3/t15-,18+/m0/s1. The Morgan fingerprint density at radius 2 is 1.64 bits per heavy atom. The highest BCUT2D eigenvalue weighted by Gasteiger charge is 2.26. The monoisotopic (exact) mass is 297 g/mol. The number of benzene rings is 2. The van der Waals surface area contributed by atoms with Crippen LogP contribution in [0.15, 0.2) is 60.7 Å². The minimum absolute atomic E-state index is 0.0690. The van der Waals surface area contributed by atoms with Crippen LogP contribution in [-0.2, 0) is 16.1 Å². The molecule has 2 aromatic rings. The van der Waals surface area contributed by atoms with Gasteiger partial charge in [-0.1, -0.05) is 67.6 Å². The number of hydrogen-bond donors (Lipinski definition) is 1. The van der Waals surface area contributed by atoms with E-state index in [1.165, 1.54) is 5.56 Å². The van der Waals surface area contributed by atoms with Crippen LogP contribution in [0.1, 0.15) is 31.0 Å². The number of carbonyl (C=O) groups excluding carboxylic acids is 1. The summed E-state index contributed by atoms with van der Waals surface area (Å²) in [6.45, 7) is 4.86. The Bertz CT molecular complexity index is 569. The lowest BCUT2D eigenvalue weighted by Gasteiger charge is -2.24. The Balaban J connectivity index is 2.13. The fourth-order valence-electron chi connectivity index (χ4n) is 2.48. The highest BCUT2D eigenvalue weighted by atomic mass is 16.5. The molecular formula is C19H23NO2. The quantitative estimate of drug-likeness (QED) is 0.792. The highest BCUT2D eigenvalue weighted by molar-refractivity contribution is 5.73. The van der Waals surface area contributed by atoms with Crippen molar-refractivity contribution in [3.8, 4) is 0 Å². The zero-order chi connectivity index (χ0) is 15.8. The number of esters is 1. The summed E-state index contributed by atoms with van der Waals surface area (Å²) in [7, 11) is 0. The number of nitrogens with one attached hydrogen (secondary N) is 1. The molecule has 2 atom stereocenters. The van der Waals surface area contributed by atoms with E-state index in [0.717, 1.165) is 5.56 Å². The van der Waals surface area contributed by atoms with Gasteiger partial charge in [-0.15, -0.1) is 0 Å². The van der Waals surface area contributed by atoms with E-state index in [2.05, 4.69) is 17.4 Å². The average Bonchev–Trinajstić information content (AvgIpc) is 2.57. The molecule has 0 amide bonds. The summed E-state index contributed by atoms with van der Waals surface area (Å²) in [5.74, 6) is -0.414. The molecule has 3 nitrogen and oxygen atoms in total. The van der Waals surface area contributed by atoms with Crippen molar-refractivity contribution in [3.05, 3.63) is 71.8 Å². The van der Waals surface area contributed by atoms with E-state index in [4.69, 9.17) is 4.74 Å². The Labute approximate surface area is 132 Å². The number of hydrogen-bond acceptors (Lipinski definition) is 3. The van der Waals surface area contributed by atoms with Gasteiger partial charge >= 0.3 is 5.97 Å². The molecule has 0 bridgehead atoms. The first-order valence-corrected chi connectivity index (χ1v) is 7.71. The third-order valence-electron chi connectivity index (χ3n) is 3.69. The SMILES string of the molecule is CCOC(=O)[C@@H](C)[C@@H](NCc1ccccc1)c1ccccc1. The van der Waals surface area contributed by atoms with Gasteiger partial charge in [0.05, 0.1) is 12.5 Å². The van der Waals surface area contributed by atoms with Crippen LogP contribution >= 0.6 is 0 Å². The Hall–Kier alpha value is -2.13. The van der Waals surface area contributed by atoms with E-state index >= 15 is 0 Å². The molecule has 0 heterocycles. The van der Waals surface area contributed by atoms with E-state index in [0.29, 0.717) is 13.2 Å². The molecule has 0 saturated carbocycles. The molecule has 2 rings (SSSR count). The van der Waals surface area contributed by atoms with E-state index in [1.54, 1.807) is 0 Å². The zero-order valence-electron chi connectivity index (χ0n) is 13.2. The van der Waals surface area contributed by atoms with E-state index in [9.17, 15) is 4.79 Å². The van der Waals surface area contributed by atoms with Crippen molar-refractivity contribution >= 4 is 5.97 Å². The van der Waals surface area contributed by atoms with Crippen LogP contribution < -0.4 is 5.32 Å². The van der Waals surface area contributed by atoms with E-state index < -0.39 is 0 Å². The lowest BCUT2D eigenvalue weighted by molar-refractivity contribution is -0.148. The molecule has 0 aliphatic heterocycles. The Morgan fingerprint density at radius 3 is 2.23 bits per heavy atom. The predicted octanol–water partition coefficient (Wildman–Crippen LogP) is 3.72. The van der Waals surface area contributed by atoms with Gasteiger partial charge in [-0.2, -0.15) is 0 Å². The van der Waals surface area contributed by atoms with Gasteiger partial charge in [-0.3, -0.25) is 4.79 Å². The molecule has 0 saturated heterocycles. The summed E-state index contributed by atoms with van der Waals surface area (Å²) in [5, 5.41) is 3.49. The molecule has 0 aromatic heterocycles. The average molecular weight is 297 g/mol. The third-order valence-corrected chi connectivity index (χ3v) is 3.69. The summed E-state index contributed by atoms with van der Waals surface area (Å²) in [6.07, 6.45) is 0. The highest BCUT2D eigenvalue weighted by Crippen LogP contribution is 2.23. The lowest BCUT2D eigenvalue weighted by Crippen LogP contribution is -2.32. The minimum atomic E-state index is -0.244. The molecular weight excluding hydrogens is 274 g/mol. The Kier molecular flexibility index (Phi) is 6.16. The first kappa shape index (κ1) is 16.2. The van der Waals surface area contributed by atoms with Gasteiger partial charge in [0.2, 0.25) is 0 Å². The van der Waals surface area contributed by atoms with Crippen molar-refractivity contribution in [2.24, 2.45) is 5.92 Å².